The second kappa shape index (κ2) is 2.29. The van der Waals surface area contributed by atoms with Crippen LogP contribution in [-0.2, 0) is 0 Å². The molecule has 1 rings (SSSR count). The third-order valence-corrected chi connectivity index (χ3v) is 2.99. The highest BCUT2D eigenvalue weighted by Crippen LogP contribution is 2.56. The van der Waals surface area contributed by atoms with Gasteiger partial charge in [0.05, 0.1) is 6.07 Å². The van der Waals surface area contributed by atoms with Gasteiger partial charge in [-0.15, -0.1) is 11.6 Å². The molecule has 54 valence electrons. The maximum atomic E-state index is 8.22. The maximum Gasteiger partial charge on any atom is 0.0908 e. The average molecular weight is 156 g/mol. The molecule has 0 radical (unpaired) electrons. The fourth-order valence-corrected chi connectivity index (χ4v) is 1.59. The Morgan fingerprint density at radius 1 is 1.60 bits per heavy atom. The lowest BCUT2D eigenvalue weighted by atomic mass is 10.1. The minimum atomic E-state index is 0.203. The summed E-state index contributed by atoms with van der Waals surface area (Å²) in [6, 6.07) is 1.96. The van der Waals surface area contributed by atoms with Crippen LogP contribution in [0.3, 0.4) is 0 Å². The molecule has 0 amide bonds. The number of hydrogen-bond acceptors (Lipinski definition) is 1. The van der Waals surface area contributed by atoms with Crippen molar-refractivity contribution in [2.75, 3.05) is 0 Å². The van der Waals surface area contributed by atoms with E-state index in [2.05, 4.69) is 13.8 Å². The first kappa shape index (κ1) is 7.63. The summed E-state index contributed by atoms with van der Waals surface area (Å²) in [7, 11) is 0. The summed E-state index contributed by atoms with van der Waals surface area (Å²) in [5.74, 6) is 0.397. The monoisotopic (exact) mass is 155 g/mol. The molecule has 1 nitrogen and oxygen atoms in total. The molecule has 0 aromatic heterocycles. The van der Waals surface area contributed by atoms with E-state index in [0.29, 0.717) is 5.92 Å². The number of nitriles is 1. The van der Waals surface area contributed by atoms with E-state index in [-0.39, 0.29) is 10.8 Å². The molecule has 1 aliphatic carbocycles. The first-order valence-electron chi connectivity index (χ1n) is 3.31. The van der Waals surface area contributed by atoms with Crippen LogP contribution in [0.1, 0.15) is 13.8 Å². The zero-order valence-corrected chi connectivity index (χ0v) is 6.89. The topological polar surface area (TPSA) is 23.8 Å². The van der Waals surface area contributed by atoms with Crippen LogP contribution in [0.2, 0.25) is 0 Å². The summed E-state index contributed by atoms with van der Waals surface area (Å²) in [6.07, 6.45) is 3.40. The van der Waals surface area contributed by atoms with E-state index in [1.807, 2.05) is 12.1 Å². The highest BCUT2D eigenvalue weighted by Gasteiger charge is 2.55. The van der Waals surface area contributed by atoms with Crippen molar-refractivity contribution >= 4 is 11.6 Å². The number of nitrogens with zero attached hydrogens (tertiary/aromatic N) is 1. The quantitative estimate of drug-likeness (QED) is 0.421. The van der Waals surface area contributed by atoms with Gasteiger partial charge >= 0.3 is 0 Å². The number of alkyl halides is 1. The van der Waals surface area contributed by atoms with E-state index >= 15 is 0 Å². The third kappa shape index (κ3) is 1.04. The van der Waals surface area contributed by atoms with Crippen molar-refractivity contribution in [3.63, 3.8) is 0 Å². The smallest absolute Gasteiger partial charge is 0.0908 e. The molecule has 0 aromatic rings. The van der Waals surface area contributed by atoms with Crippen molar-refractivity contribution in [3.8, 4) is 6.07 Å². The predicted molar refractivity (Wildman–Crippen MR) is 41.7 cm³/mol. The van der Waals surface area contributed by atoms with Gasteiger partial charge in [-0.2, -0.15) is 5.26 Å². The summed E-state index contributed by atoms with van der Waals surface area (Å²) >= 11 is 5.92. The van der Waals surface area contributed by atoms with Gasteiger partial charge in [0.15, 0.2) is 0 Å². The molecule has 0 aromatic carbocycles. The Morgan fingerprint density at radius 2 is 2.10 bits per heavy atom. The van der Waals surface area contributed by atoms with Crippen molar-refractivity contribution in [2.45, 2.75) is 19.2 Å². The van der Waals surface area contributed by atoms with Crippen LogP contribution in [0.15, 0.2) is 12.2 Å². The lowest BCUT2D eigenvalue weighted by molar-refractivity contribution is 0.611. The van der Waals surface area contributed by atoms with E-state index in [9.17, 15) is 0 Å². The van der Waals surface area contributed by atoms with Gasteiger partial charge in [0.1, 0.15) is 0 Å². The van der Waals surface area contributed by atoms with Gasteiger partial charge in [0, 0.05) is 17.4 Å². The van der Waals surface area contributed by atoms with Gasteiger partial charge in [-0.05, 0) is 5.41 Å². The molecule has 0 aliphatic heterocycles. The van der Waals surface area contributed by atoms with E-state index in [4.69, 9.17) is 16.9 Å². The Bertz CT molecular complexity index is 200. The van der Waals surface area contributed by atoms with Gasteiger partial charge < -0.3 is 0 Å². The van der Waals surface area contributed by atoms with Crippen LogP contribution < -0.4 is 0 Å². The Kier molecular flexibility index (Phi) is 1.74. The van der Waals surface area contributed by atoms with Crippen LogP contribution >= 0.6 is 11.6 Å². The standard InChI is InChI=1S/C8H10ClN/c1-8(2)6(7(8)9)4-3-5-10/h3-4,6-7H,1-2H3. The number of allylic oxidation sites excluding steroid dienone is 2. The number of rotatable bonds is 1. The van der Waals surface area contributed by atoms with Gasteiger partial charge in [-0.25, -0.2) is 0 Å². The van der Waals surface area contributed by atoms with Crippen LogP contribution in [0.25, 0.3) is 0 Å². The van der Waals surface area contributed by atoms with Gasteiger partial charge in [0.25, 0.3) is 0 Å². The number of halogens is 1. The fraction of sp³-hybridized carbons (Fsp3) is 0.625. The summed E-state index contributed by atoms with van der Waals surface area (Å²) in [4.78, 5) is 0. The lowest BCUT2D eigenvalue weighted by Crippen LogP contribution is -1.87. The molecular weight excluding hydrogens is 146 g/mol. The predicted octanol–water partition coefficient (Wildman–Crippen LogP) is 2.33. The molecule has 0 spiro atoms. The average Bonchev–Trinajstić information content (AvgIpc) is 2.31. The molecule has 2 unspecified atom stereocenters. The van der Waals surface area contributed by atoms with Crippen molar-refractivity contribution in [1.29, 1.82) is 5.26 Å². The normalized spacial score (nSPS) is 35.8. The molecule has 1 aliphatic rings. The second-order valence-corrected chi connectivity index (χ2v) is 3.71. The van der Waals surface area contributed by atoms with Crippen molar-refractivity contribution in [1.82, 2.24) is 0 Å². The Labute approximate surface area is 66.3 Å². The SMILES string of the molecule is CC1(C)C(Cl)C1C=CC#N. The molecule has 1 fully saturated rings. The van der Waals surface area contributed by atoms with Crippen molar-refractivity contribution in [3.05, 3.63) is 12.2 Å². The minimum absolute atomic E-state index is 0.203. The molecule has 0 bridgehead atoms. The molecule has 0 saturated heterocycles. The lowest BCUT2D eigenvalue weighted by Gasteiger charge is -1.93. The van der Waals surface area contributed by atoms with E-state index < -0.39 is 0 Å². The van der Waals surface area contributed by atoms with E-state index in [1.54, 1.807) is 0 Å². The van der Waals surface area contributed by atoms with Crippen LogP contribution in [-0.4, -0.2) is 5.38 Å². The summed E-state index contributed by atoms with van der Waals surface area (Å²) in [5, 5.41) is 8.44. The van der Waals surface area contributed by atoms with Gasteiger partial charge in [-0.1, -0.05) is 19.9 Å². The van der Waals surface area contributed by atoms with Gasteiger partial charge in [0.2, 0.25) is 0 Å². The highest BCUT2D eigenvalue weighted by atomic mass is 35.5. The van der Waals surface area contributed by atoms with E-state index in [0.717, 1.165) is 0 Å². The first-order chi connectivity index (χ1) is 4.60. The Morgan fingerprint density at radius 3 is 2.40 bits per heavy atom. The summed E-state index contributed by atoms with van der Waals surface area (Å²) in [5.41, 5.74) is 0.203. The van der Waals surface area contributed by atoms with Crippen LogP contribution in [0.5, 0.6) is 0 Å². The second-order valence-electron chi connectivity index (χ2n) is 3.24. The molecule has 2 atom stereocenters. The highest BCUT2D eigenvalue weighted by molar-refractivity contribution is 6.23. The molecular formula is C8H10ClN. The summed E-state index contributed by atoms with van der Waals surface area (Å²) in [6.45, 7) is 4.22. The Hall–Kier alpha value is -0.480. The molecule has 0 N–H and O–H groups in total. The summed E-state index contributed by atoms with van der Waals surface area (Å²) < 4.78 is 0. The van der Waals surface area contributed by atoms with Crippen molar-refractivity contribution in [2.24, 2.45) is 11.3 Å². The van der Waals surface area contributed by atoms with E-state index in [1.165, 1.54) is 6.08 Å². The molecule has 10 heavy (non-hydrogen) atoms. The minimum Gasteiger partial charge on any atom is -0.193 e. The van der Waals surface area contributed by atoms with Gasteiger partial charge in [-0.3, -0.25) is 0 Å². The number of hydrogen-bond donors (Lipinski definition) is 0. The zero-order chi connectivity index (χ0) is 7.78. The first-order valence-corrected chi connectivity index (χ1v) is 3.74. The molecule has 2 heteroatoms. The molecule has 1 saturated carbocycles. The fourth-order valence-electron chi connectivity index (χ4n) is 1.11. The third-order valence-electron chi connectivity index (χ3n) is 2.15. The van der Waals surface area contributed by atoms with Crippen LogP contribution in [0, 0.1) is 22.7 Å². The largest absolute Gasteiger partial charge is 0.193 e. The van der Waals surface area contributed by atoms with Crippen molar-refractivity contribution < 1.29 is 0 Å². The van der Waals surface area contributed by atoms with Crippen LogP contribution in [0.4, 0.5) is 0 Å². The maximum absolute atomic E-state index is 8.22. The zero-order valence-electron chi connectivity index (χ0n) is 6.13. The Balaban J connectivity index is 2.52. The molecule has 0 heterocycles.